The lowest BCUT2D eigenvalue weighted by atomic mass is 10.2. The van der Waals surface area contributed by atoms with Crippen LogP contribution in [0.1, 0.15) is 10.4 Å². The second-order valence-corrected chi connectivity index (χ2v) is 5.70. The topological polar surface area (TPSA) is 71.3 Å². The van der Waals surface area contributed by atoms with Crippen molar-refractivity contribution >= 4 is 49.3 Å². The maximum Gasteiger partial charge on any atom is 0.317 e. The maximum absolute atomic E-state index is 12.2. The van der Waals surface area contributed by atoms with E-state index in [-0.39, 0.29) is 11.6 Å². The molecule has 8 heteroatoms. The lowest BCUT2D eigenvalue weighted by Crippen LogP contribution is -2.13. The molecule has 0 bridgehead atoms. The molecule has 0 saturated heterocycles. The third kappa shape index (κ3) is 3.85. The summed E-state index contributed by atoms with van der Waals surface area (Å²) in [6.07, 6.45) is 1.57. The summed E-state index contributed by atoms with van der Waals surface area (Å²) in [7, 11) is 1.25. The molecule has 1 aromatic heterocycles. The van der Waals surface area contributed by atoms with Crippen molar-refractivity contribution in [2.24, 2.45) is 0 Å². The summed E-state index contributed by atoms with van der Waals surface area (Å²) < 4.78 is 1.43. The van der Waals surface area contributed by atoms with Crippen molar-refractivity contribution in [3.05, 3.63) is 55.9 Å². The van der Waals surface area contributed by atoms with Crippen molar-refractivity contribution in [1.82, 2.24) is 4.98 Å². The first-order valence-corrected chi connectivity index (χ1v) is 7.33. The van der Waals surface area contributed by atoms with Gasteiger partial charge in [-0.2, -0.15) is 0 Å². The lowest BCUT2D eigenvalue weighted by molar-refractivity contribution is -0.736. The van der Waals surface area contributed by atoms with Crippen LogP contribution in [0.2, 0.25) is 0 Å². The monoisotopic (exact) mass is 414 g/mol. The minimum Gasteiger partial charge on any atom is -0.306 e. The molecule has 0 aliphatic rings. The second-order valence-electron chi connectivity index (χ2n) is 3.93. The molecule has 0 aliphatic carbocycles. The fraction of sp³-hybridized carbons (Fsp3) is 0.0769. The van der Waals surface area contributed by atoms with E-state index in [1.165, 1.54) is 13.2 Å². The highest BCUT2D eigenvalue weighted by atomic mass is 79.9. The Morgan fingerprint density at radius 1 is 1.33 bits per heavy atom. The van der Waals surface area contributed by atoms with E-state index < -0.39 is 0 Å². The van der Waals surface area contributed by atoms with E-state index in [9.17, 15) is 9.70 Å². The minimum atomic E-state index is -0.378. The summed E-state index contributed by atoms with van der Waals surface area (Å²) in [5.74, 6) is 0.0104. The van der Waals surface area contributed by atoms with Crippen LogP contribution >= 0.6 is 31.9 Å². The summed E-state index contributed by atoms with van der Waals surface area (Å²) in [6.45, 7) is 0. The lowest BCUT2D eigenvalue weighted by Gasteiger charge is -2.06. The number of aromatic nitrogens is 1. The van der Waals surface area contributed by atoms with Gasteiger partial charge in [0.15, 0.2) is 7.11 Å². The Morgan fingerprint density at radius 2 is 2.10 bits per heavy atom. The van der Waals surface area contributed by atoms with Crippen LogP contribution in [-0.2, 0) is 4.84 Å². The van der Waals surface area contributed by atoms with Crippen LogP contribution in [0.4, 0.5) is 11.5 Å². The first-order valence-electron chi connectivity index (χ1n) is 5.75. The zero-order valence-electron chi connectivity index (χ0n) is 10.8. The number of hydrogen-bond donors (Lipinski definition) is 1. The summed E-state index contributed by atoms with van der Waals surface area (Å²) in [4.78, 5) is 32.5. The molecule has 21 heavy (non-hydrogen) atoms. The van der Waals surface area contributed by atoms with Crippen LogP contribution in [0, 0.1) is 4.91 Å². The summed E-state index contributed by atoms with van der Waals surface area (Å²) in [5, 5.41) is 2.66. The number of nitrogens with zero attached hydrogens (tertiary/aromatic N) is 2. The maximum atomic E-state index is 12.2. The predicted octanol–water partition coefficient (Wildman–Crippen LogP) is 3.83. The third-order valence-corrected chi connectivity index (χ3v) is 3.56. The van der Waals surface area contributed by atoms with Crippen LogP contribution in [0.3, 0.4) is 0 Å². The smallest absolute Gasteiger partial charge is 0.306 e. The number of halogens is 2. The third-order valence-electron chi connectivity index (χ3n) is 2.52. The van der Waals surface area contributed by atoms with E-state index in [4.69, 9.17) is 0 Å². The molecule has 0 atom stereocenters. The first kappa shape index (κ1) is 15.6. The van der Waals surface area contributed by atoms with Gasteiger partial charge < -0.3 is 5.32 Å². The Balaban J connectivity index is 2.22. The molecule has 2 aromatic rings. The molecule has 0 radical (unpaired) electrons. The molecule has 1 aromatic carbocycles. The highest BCUT2D eigenvalue weighted by Crippen LogP contribution is 2.24. The van der Waals surface area contributed by atoms with E-state index in [1.54, 1.807) is 30.5 Å². The number of amides is 1. The van der Waals surface area contributed by atoms with Gasteiger partial charge in [-0.3, -0.25) is 4.79 Å². The summed E-state index contributed by atoms with van der Waals surface area (Å²) >= 11 is 6.59. The molecular formula is C13H10Br2N3O3+. The molecular weight excluding hydrogens is 406 g/mol. The van der Waals surface area contributed by atoms with Gasteiger partial charge >= 0.3 is 5.69 Å². The van der Waals surface area contributed by atoms with Gasteiger partial charge in [-0.15, -0.1) is 0 Å². The number of benzene rings is 1. The molecule has 2 rings (SSSR count). The Hall–Kier alpha value is -1.80. The predicted molar refractivity (Wildman–Crippen MR) is 84.3 cm³/mol. The summed E-state index contributed by atoms with van der Waals surface area (Å²) in [6, 6.07) is 7.93. The molecule has 108 valence electrons. The number of carbonyl (C=O) groups is 1. The van der Waals surface area contributed by atoms with Crippen LogP contribution < -0.4 is 5.32 Å². The summed E-state index contributed by atoms with van der Waals surface area (Å²) in [5.41, 5.74) is 0.551. The van der Waals surface area contributed by atoms with E-state index in [0.29, 0.717) is 20.8 Å². The fourth-order valence-corrected chi connectivity index (χ4v) is 2.64. The molecule has 0 saturated carbocycles. The largest absolute Gasteiger partial charge is 0.317 e. The average Bonchev–Trinajstić information content (AvgIpc) is 2.49. The van der Waals surface area contributed by atoms with Crippen LogP contribution in [-0.4, -0.2) is 22.9 Å². The van der Waals surface area contributed by atoms with Gasteiger partial charge in [0.2, 0.25) is 0 Å². The van der Waals surface area contributed by atoms with Crippen molar-refractivity contribution in [2.75, 3.05) is 12.4 Å². The van der Waals surface area contributed by atoms with Gasteiger partial charge in [-0.1, -0.05) is 6.07 Å². The first-order chi connectivity index (χ1) is 10.0. The zero-order valence-corrected chi connectivity index (χ0v) is 14.0. The van der Waals surface area contributed by atoms with Crippen molar-refractivity contribution in [3.63, 3.8) is 0 Å². The molecule has 0 aliphatic heterocycles. The van der Waals surface area contributed by atoms with E-state index in [2.05, 4.69) is 47.0 Å². The molecule has 0 unspecified atom stereocenters. The van der Waals surface area contributed by atoms with Crippen molar-refractivity contribution in [3.8, 4) is 0 Å². The van der Waals surface area contributed by atoms with E-state index >= 15 is 0 Å². The second kappa shape index (κ2) is 6.77. The van der Waals surface area contributed by atoms with Gasteiger partial charge in [-0.05, 0) is 44.0 Å². The fourth-order valence-electron chi connectivity index (χ4n) is 1.55. The number of anilines is 1. The van der Waals surface area contributed by atoms with E-state index in [0.717, 1.165) is 4.47 Å². The van der Waals surface area contributed by atoms with Gasteiger partial charge in [0, 0.05) is 28.4 Å². The number of pyridine rings is 1. The Bertz CT molecular complexity index is 707. The molecule has 1 amide bonds. The molecule has 1 N–H and O–H groups in total. The van der Waals surface area contributed by atoms with Crippen molar-refractivity contribution in [2.45, 2.75) is 0 Å². The molecule has 1 heterocycles. The number of rotatable bonds is 4. The van der Waals surface area contributed by atoms with Crippen LogP contribution in [0.15, 0.2) is 45.5 Å². The molecule has 0 fully saturated rings. The van der Waals surface area contributed by atoms with Gasteiger partial charge in [0.25, 0.3) is 10.8 Å². The van der Waals surface area contributed by atoms with Gasteiger partial charge in [0.05, 0.1) is 9.38 Å². The standard InChI is InChI=1S/C13H9Br2N3O3/c1-21-18(20)10-4-2-3-8(5-10)13(19)17-12-11(15)6-9(14)7-16-12/h2-7H,1H3/p+1. The highest BCUT2D eigenvalue weighted by molar-refractivity contribution is 9.11. The Labute approximate surface area is 137 Å². The van der Waals surface area contributed by atoms with Crippen LogP contribution in [0.25, 0.3) is 0 Å². The highest BCUT2D eigenvalue weighted by Gasteiger charge is 2.17. The molecule has 6 nitrogen and oxygen atoms in total. The van der Waals surface area contributed by atoms with Gasteiger partial charge in [0.1, 0.15) is 5.82 Å². The Kier molecular flexibility index (Phi) is 5.03. The number of carbonyl (C=O) groups excluding carboxylic acids is 1. The van der Waals surface area contributed by atoms with Crippen molar-refractivity contribution < 1.29 is 14.6 Å². The normalized spacial score (nSPS) is 10.0. The SMILES string of the molecule is CO[N+](=O)c1cccc(C(=O)Nc2ncc(Br)cc2Br)c1. The van der Waals surface area contributed by atoms with Gasteiger partial charge in [-0.25, -0.2) is 9.82 Å². The van der Waals surface area contributed by atoms with Crippen molar-refractivity contribution in [1.29, 1.82) is 0 Å². The minimum absolute atomic E-state index is 0.230. The Morgan fingerprint density at radius 3 is 2.76 bits per heavy atom. The number of nitrogens with one attached hydrogen (secondary N) is 1. The zero-order chi connectivity index (χ0) is 15.4. The average molecular weight is 416 g/mol. The molecule has 0 spiro atoms. The van der Waals surface area contributed by atoms with Crippen LogP contribution in [0.5, 0.6) is 0 Å². The number of hydrogen-bond acceptors (Lipinski definition) is 4. The van der Waals surface area contributed by atoms with E-state index in [1.807, 2.05) is 0 Å². The quantitative estimate of drug-likeness (QED) is 0.770.